The lowest BCUT2D eigenvalue weighted by Gasteiger charge is -2.12. The summed E-state index contributed by atoms with van der Waals surface area (Å²) in [6, 6.07) is 8.60. The fourth-order valence-corrected chi connectivity index (χ4v) is 2.05. The van der Waals surface area contributed by atoms with Gasteiger partial charge in [0.05, 0.1) is 6.54 Å². The third kappa shape index (κ3) is 2.80. The van der Waals surface area contributed by atoms with Crippen molar-refractivity contribution in [3.05, 3.63) is 58.1 Å². The second-order valence-electron chi connectivity index (χ2n) is 4.06. The molecular formula is C13H14ClFN2. The van der Waals surface area contributed by atoms with Crippen LogP contribution in [0, 0.1) is 19.7 Å². The summed E-state index contributed by atoms with van der Waals surface area (Å²) in [5.74, 6) is -0.310. The van der Waals surface area contributed by atoms with Crippen molar-refractivity contribution in [2.45, 2.75) is 20.4 Å². The molecule has 1 heterocycles. The van der Waals surface area contributed by atoms with Crippen molar-refractivity contribution in [1.82, 2.24) is 4.68 Å². The molecule has 1 N–H and O–H groups in total. The molecule has 0 bridgehead atoms. The zero-order valence-electron chi connectivity index (χ0n) is 9.80. The molecule has 17 heavy (non-hydrogen) atoms. The quantitative estimate of drug-likeness (QED) is 0.883. The van der Waals surface area contributed by atoms with Crippen LogP contribution in [0.4, 0.5) is 4.39 Å². The van der Waals surface area contributed by atoms with Gasteiger partial charge in [-0.15, -0.1) is 0 Å². The van der Waals surface area contributed by atoms with Gasteiger partial charge in [0.2, 0.25) is 0 Å². The van der Waals surface area contributed by atoms with Gasteiger partial charge < -0.3 is 5.43 Å². The van der Waals surface area contributed by atoms with E-state index in [2.05, 4.69) is 5.43 Å². The van der Waals surface area contributed by atoms with Gasteiger partial charge in [-0.1, -0.05) is 11.6 Å². The Hall–Kier alpha value is -1.48. The predicted octanol–water partition coefficient (Wildman–Crippen LogP) is 3.64. The summed E-state index contributed by atoms with van der Waals surface area (Å²) in [6.45, 7) is 4.56. The summed E-state index contributed by atoms with van der Waals surface area (Å²) in [7, 11) is 0. The van der Waals surface area contributed by atoms with E-state index >= 15 is 0 Å². The monoisotopic (exact) mass is 252 g/mol. The first-order valence-corrected chi connectivity index (χ1v) is 5.78. The van der Waals surface area contributed by atoms with Crippen molar-refractivity contribution in [3.63, 3.8) is 0 Å². The standard InChI is InChI=1S/C13H14ClFN2/c1-9-3-4-10(2)17(9)16-8-11-5-12(14)7-13(15)6-11/h3-7,16H,8H2,1-2H3. The van der Waals surface area contributed by atoms with Crippen LogP contribution < -0.4 is 5.43 Å². The van der Waals surface area contributed by atoms with E-state index in [1.165, 1.54) is 12.1 Å². The van der Waals surface area contributed by atoms with Crippen LogP contribution in [0.2, 0.25) is 5.02 Å². The van der Waals surface area contributed by atoms with Gasteiger partial charge in [-0.25, -0.2) is 4.39 Å². The average Bonchev–Trinajstić information content (AvgIpc) is 2.55. The van der Waals surface area contributed by atoms with Crippen LogP contribution in [0.15, 0.2) is 30.3 Å². The Morgan fingerprint density at radius 1 is 1.18 bits per heavy atom. The van der Waals surface area contributed by atoms with Gasteiger partial charge in [0, 0.05) is 16.4 Å². The van der Waals surface area contributed by atoms with E-state index in [1.807, 2.05) is 30.7 Å². The minimum absolute atomic E-state index is 0.310. The highest BCUT2D eigenvalue weighted by molar-refractivity contribution is 6.30. The molecule has 0 aliphatic rings. The van der Waals surface area contributed by atoms with Crippen LogP contribution in [0.1, 0.15) is 17.0 Å². The van der Waals surface area contributed by atoms with Crippen LogP contribution in [0.3, 0.4) is 0 Å². The molecular weight excluding hydrogens is 239 g/mol. The van der Waals surface area contributed by atoms with Gasteiger partial charge >= 0.3 is 0 Å². The predicted molar refractivity (Wildman–Crippen MR) is 68.4 cm³/mol. The molecule has 2 nitrogen and oxygen atoms in total. The van der Waals surface area contributed by atoms with Crippen LogP contribution >= 0.6 is 11.6 Å². The van der Waals surface area contributed by atoms with Gasteiger partial charge in [-0.3, -0.25) is 4.68 Å². The number of nitrogens with one attached hydrogen (secondary N) is 1. The molecule has 0 atom stereocenters. The second-order valence-corrected chi connectivity index (χ2v) is 4.50. The molecule has 0 spiro atoms. The van der Waals surface area contributed by atoms with E-state index in [-0.39, 0.29) is 5.82 Å². The molecule has 0 fully saturated rings. The smallest absolute Gasteiger partial charge is 0.125 e. The molecule has 0 saturated carbocycles. The van der Waals surface area contributed by atoms with Crippen LogP contribution in [0.5, 0.6) is 0 Å². The molecule has 90 valence electrons. The van der Waals surface area contributed by atoms with Crippen molar-refractivity contribution >= 4 is 11.6 Å². The highest BCUT2D eigenvalue weighted by Crippen LogP contribution is 2.14. The Labute approximate surface area is 105 Å². The summed E-state index contributed by atoms with van der Waals surface area (Å²) < 4.78 is 15.1. The first-order valence-electron chi connectivity index (χ1n) is 5.40. The van der Waals surface area contributed by atoms with Crippen molar-refractivity contribution in [1.29, 1.82) is 0 Å². The van der Waals surface area contributed by atoms with Crippen molar-refractivity contribution in [2.75, 3.05) is 5.43 Å². The number of hydrogen-bond donors (Lipinski definition) is 1. The van der Waals surface area contributed by atoms with Crippen LogP contribution in [-0.4, -0.2) is 4.68 Å². The first kappa shape index (κ1) is 12.0. The van der Waals surface area contributed by atoms with E-state index in [0.717, 1.165) is 17.0 Å². The lowest BCUT2D eigenvalue weighted by Crippen LogP contribution is -2.16. The van der Waals surface area contributed by atoms with Crippen LogP contribution in [0.25, 0.3) is 0 Å². The maximum Gasteiger partial charge on any atom is 0.125 e. The summed E-state index contributed by atoms with van der Waals surface area (Å²) in [5, 5.41) is 0.419. The molecule has 2 rings (SSSR count). The van der Waals surface area contributed by atoms with E-state index in [9.17, 15) is 4.39 Å². The van der Waals surface area contributed by atoms with Gasteiger partial charge in [-0.2, -0.15) is 0 Å². The Bertz CT molecular complexity index is 494. The first-order chi connectivity index (χ1) is 8.06. The van der Waals surface area contributed by atoms with Crippen LogP contribution in [-0.2, 0) is 6.54 Å². The molecule has 0 aliphatic carbocycles. The Balaban J connectivity index is 2.12. The number of halogens is 2. The third-order valence-corrected chi connectivity index (χ3v) is 2.85. The number of nitrogens with zero attached hydrogens (tertiary/aromatic N) is 1. The Morgan fingerprint density at radius 3 is 2.41 bits per heavy atom. The van der Waals surface area contributed by atoms with E-state index in [4.69, 9.17) is 11.6 Å². The number of aryl methyl sites for hydroxylation is 2. The van der Waals surface area contributed by atoms with E-state index in [1.54, 1.807) is 6.07 Å². The lowest BCUT2D eigenvalue weighted by atomic mass is 10.2. The minimum atomic E-state index is -0.310. The summed E-state index contributed by atoms with van der Waals surface area (Å²) in [6.07, 6.45) is 0. The average molecular weight is 253 g/mol. The number of benzene rings is 1. The minimum Gasteiger partial charge on any atom is -0.322 e. The fourth-order valence-electron chi connectivity index (χ4n) is 1.80. The zero-order valence-corrected chi connectivity index (χ0v) is 10.6. The molecule has 0 aliphatic heterocycles. The summed E-state index contributed by atoms with van der Waals surface area (Å²) in [4.78, 5) is 0. The Kier molecular flexibility index (Phi) is 3.38. The molecule has 1 aromatic carbocycles. The molecule has 0 radical (unpaired) electrons. The van der Waals surface area contributed by atoms with Gasteiger partial charge in [0.25, 0.3) is 0 Å². The Morgan fingerprint density at radius 2 is 1.82 bits per heavy atom. The van der Waals surface area contributed by atoms with E-state index < -0.39 is 0 Å². The normalized spacial score (nSPS) is 10.6. The summed E-state index contributed by atoms with van der Waals surface area (Å²) in [5.41, 5.74) is 6.28. The molecule has 2 aromatic rings. The number of rotatable bonds is 3. The van der Waals surface area contributed by atoms with E-state index in [0.29, 0.717) is 11.6 Å². The zero-order chi connectivity index (χ0) is 12.4. The van der Waals surface area contributed by atoms with Gasteiger partial charge in [0.1, 0.15) is 5.82 Å². The maximum absolute atomic E-state index is 13.1. The van der Waals surface area contributed by atoms with Crippen molar-refractivity contribution < 1.29 is 4.39 Å². The molecule has 0 saturated heterocycles. The topological polar surface area (TPSA) is 17.0 Å². The maximum atomic E-state index is 13.1. The highest BCUT2D eigenvalue weighted by Gasteiger charge is 2.02. The molecule has 0 unspecified atom stereocenters. The number of aromatic nitrogens is 1. The third-order valence-electron chi connectivity index (χ3n) is 2.63. The largest absolute Gasteiger partial charge is 0.322 e. The molecule has 1 aromatic heterocycles. The molecule has 0 amide bonds. The highest BCUT2D eigenvalue weighted by atomic mass is 35.5. The lowest BCUT2D eigenvalue weighted by molar-refractivity contribution is 0.625. The molecule has 4 heteroatoms. The summed E-state index contributed by atoms with van der Waals surface area (Å²) >= 11 is 5.80. The SMILES string of the molecule is Cc1ccc(C)n1NCc1cc(F)cc(Cl)c1. The second kappa shape index (κ2) is 4.80. The fraction of sp³-hybridized carbons (Fsp3) is 0.231. The van der Waals surface area contributed by atoms with Gasteiger partial charge in [0.15, 0.2) is 0 Å². The van der Waals surface area contributed by atoms with Gasteiger partial charge in [-0.05, 0) is 49.7 Å². The van der Waals surface area contributed by atoms with Crippen molar-refractivity contribution in [3.8, 4) is 0 Å². The van der Waals surface area contributed by atoms with Crippen molar-refractivity contribution in [2.24, 2.45) is 0 Å². The number of hydrogen-bond acceptors (Lipinski definition) is 1.